The van der Waals surface area contributed by atoms with Crippen LogP contribution in [-0.4, -0.2) is 67.2 Å². The van der Waals surface area contributed by atoms with Gasteiger partial charge in [0.15, 0.2) is 0 Å². The molecule has 14 nitrogen and oxygen atoms in total. The highest BCUT2D eigenvalue weighted by atomic mass is 16.6. The quantitative estimate of drug-likeness (QED) is 0.121. The van der Waals surface area contributed by atoms with Crippen LogP contribution in [-0.2, 0) is 30.3 Å². The number of carbonyl (C=O) groups is 6. The van der Waals surface area contributed by atoms with Gasteiger partial charge in [-0.05, 0) is 66.2 Å². The summed E-state index contributed by atoms with van der Waals surface area (Å²) in [4.78, 5) is 76.8. The van der Waals surface area contributed by atoms with Gasteiger partial charge in [0.2, 0.25) is 18.1 Å². The predicted octanol–water partition coefficient (Wildman–Crippen LogP) is 3.18. The molecule has 0 spiro atoms. The smallest absolute Gasteiger partial charge is 0.349 e. The Morgan fingerprint density at radius 3 is 1.71 bits per heavy atom. The molecule has 49 heavy (non-hydrogen) atoms. The molecule has 4 aromatic carbocycles. The molecule has 3 amide bonds. The average Bonchev–Trinajstić information content (AvgIpc) is 3.12. The Morgan fingerprint density at radius 2 is 1.18 bits per heavy atom. The normalized spacial score (nSPS) is 11.6. The molecule has 0 bridgehead atoms. The largest absolute Gasteiger partial charge is 0.497 e. The fraction of sp³-hybridized carbons (Fsp3) is 0.143. The number of benzene rings is 4. The molecular formula is C35H31N3O11. The van der Waals surface area contributed by atoms with Gasteiger partial charge in [-0.2, -0.15) is 0 Å². The predicted molar refractivity (Wildman–Crippen MR) is 173 cm³/mol. The van der Waals surface area contributed by atoms with Crippen molar-refractivity contribution in [3.63, 3.8) is 0 Å². The van der Waals surface area contributed by atoms with E-state index in [1.54, 1.807) is 0 Å². The van der Waals surface area contributed by atoms with E-state index in [9.17, 15) is 33.9 Å². The standard InChI is InChI=1S/C35H31N3O11/c1-46-26-12-6-10-23(19-26)34(44)48-29(30(33(42)43)49-35(45)24-11-7-13-27(20-24)47-2)32(41)38-37-31(40)22-14-16-25(17-15-22)36-28(39)18-21-8-4-3-5-9-21/h3-17,19-20,29-30H,18H2,1-2H3,(H,36,39)(H,37,40)(H,38,41)(H,42,43)/t29-,30+/m1/s1. The molecule has 0 radical (unpaired) electrons. The first-order valence-corrected chi connectivity index (χ1v) is 14.5. The highest BCUT2D eigenvalue weighted by Gasteiger charge is 2.41. The van der Waals surface area contributed by atoms with E-state index in [1.165, 1.54) is 87.0 Å². The van der Waals surface area contributed by atoms with Crippen LogP contribution in [0.1, 0.15) is 36.6 Å². The van der Waals surface area contributed by atoms with Crippen LogP contribution in [0.5, 0.6) is 11.5 Å². The maximum absolute atomic E-state index is 13.3. The lowest BCUT2D eigenvalue weighted by molar-refractivity contribution is -0.159. The molecule has 14 heteroatoms. The summed E-state index contributed by atoms with van der Waals surface area (Å²) >= 11 is 0. The summed E-state index contributed by atoms with van der Waals surface area (Å²) in [6, 6.07) is 26.0. The van der Waals surface area contributed by atoms with E-state index < -0.39 is 41.9 Å². The monoisotopic (exact) mass is 669 g/mol. The number of carbonyl (C=O) groups excluding carboxylic acids is 5. The molecule has 4 aromatic rings. The van der Waals surface area contributed by atoms with Crippen molar-refractivity contribution >= 4 is 41.3 Å². The van der Waals surface area contributed by atoms with Gasteiger partial charge in [0, 0.05) is 11.3 Å². The Balaban J connectivity index is 1.48. The number of rotatable bonds is 13. The zero-order valence-corrected chi connectivity index (χ0v) is 26.2. The average molecular weight is 670 g/mol. The van der Waals surface area contributed by atoms with Crippen LogP contribution in [0.4, 0.5) is 5.69 Å². The maximum atomic E-state index is 13.3. The number of esters is 2. The van der Waals surface area contributed by atoms with E-state index in [2.05, 4.69) is 10.7 Å². The number of hydrogen-bond donors (Lipinski definition) is 4. The summed E-state index contributed by atoms with van der Waals surface area (Å²) in [5.74, 6) is -6.06. The van der Waals surface area contributed by atoms with Gasteiger partial charge in [-0.15, -0.1) is 0 Å². The van der Waals surface area contributed by atoms with Gasteiger partial charge in [0.25, 0.3) is 11.8 Å². The number of hydrazine groups is 1. The number of aliphatic carboxylic acids is 1. The first-order chi connectivity index (χ1) is 23.6. The summed E-state index contributed by atoms with van der Waals surface area (Å²) in [6.45, 7) is 0. The van der Waals surface area contributed by atoms with Crippen LogP contribution in [0, 0.1) is 0 Å². The van der Waals surface area contributed by atoms with Crippen molar-refractivity contribution in [1.82, 2.24) is 10.9 Å². The summed E-state index contributed by atoms with van der Waals surface area (Å²) in [7, 11) is 2.72. The Labute approximate surface area is 279 Å². The highest BCUT2D eigenvalue weighted by Crippen LogP contribution is 2.19. The number of ether oxygens (including phenoxy) is 4. The van der Waals surface area contributed by atoms with Crippen molar-refractivity contribution in [3.8, 4) is 11.5 Å². The van der Waals surface area contributed by atoms with Gasteiger partial charge >= 0.3 is 17.9 Å². The van der Waals surface area contributed by atoms with Gasteiger partial charge in [-0.3, -0.25) is 25.2 Å². The molecule has 4 rings (SSSR count). The van der Waals surface area contributed by atoms with Crippen molar-refractivity contribution in [1.29, 1.82) is 0 Å². The van der Waals surface area contributed by atoms with Crippen LogP contribution in [0.15, 0.2) is 103 Å². The Hall–Kier alpha value is -6.70. The molecule has 0 fully saturated rings. The van der Waals surface area contributed by atoms with Gasteiger partial charge in [0.05, 0.1) is 31.8 Å². The van der Waals surface area contributed by atoms with E-state index >= 15 is 0 Å². The maximum Gasteiger partial charge on any atom is 0.349 e. The minimum Gasteiger partial charge on any atom is -0.497 e. The van der Waals surface area contributed by atoms with E-state index in [-0.39, 0.29) is 40.5 Å². The lowest BCUT2D eigenvalue weighted by Gasteiger charge is -2.23. The van der Waals surface area contributed by atoms with Crippen LogP contribution in [0.2, 0.25) is 0 Å². The lowest BCUT2D eigenvalue weighted by Crippen LogP contribution is -2.54. The fourth-order valence-corrected chi connectivity index (χ4v) is 4.31. The number of carboxylic acids is 1. The van der Waals surface area contributed by atoms with E-state index in [0.717, 1.165) is 5.56 Å². The van der Waals surface area contributed by atoms with Gasteiger partial charge in [-0.25, -0.2) is 14.4 Å². The Bertz CT molecular complexity index is 1830. The zero-order valence-electron chi connectivity index (χ0n) is 26.2. The number of carboxylic acid groups (broad SMARTS) is 1. The summed E-state index contributed by atoms with van der Waals surface area (Å²) in [5.41, 5.74) is 5.18. The summed E-state index contributed by atoms with van der Waals surface area (Å²) in [5, 5.41) is 12.7. The number of hydrogen-bond acceptors (Lipinski definition) is 10. The molecule has 0 heterocycles. The molecule has 0 unspecified atom stereocenters. The number of anilines is 1. The molecule has 0 saturated heterocycles. The van der Waals surface area contributed by atoms with Crippen molar-refractivity contribution in [2.45, 2.75) is 18.6 Å². The fourth-order valence-electron chi connectivity index (χ4n) is 4.31. The summed E-state index contributed by atoms with van der Waals surface area (Å²) in [6.07, 6.45) is -4.50. The van der Waals surface area contributed by atoms with Crippen molar-refractivity contribution in [2.75, 3.05) is 19.5 Å². The minimum absolute atomic E-state index is 0.0468. The molecular weight excluding hydrogens is 638 g/mol. The Morgan fingerprint density at radius 1 is 0.633 bits per heavy atom. The van der Waals surface area contributed by atoms with Crippen molar-refractivity contribution < 1.29 is 52.8 Å². The molecule has 4 N–H and O–H groups in total. The van der Waals surface area contributed by atoms with Crippen LogP contribution in [0.25, 0.3) is 0 Å². The topological polar surface area (TPSA) is 196 Å². The number of amides is 3. The lowest BCUT2D eigenvalue weighted by atomic mass is 10.1. The third kappa shape index (κ3) is 9.89. The number of methoxy groups -OCH3 is 2. The van der Waals surface area contributed by atoms with E-state index in [0.29, 0.717) is 5.69 Å². The Kier molecular flexibility index (Phi) is 12.0. The van der Waals surface area contributed by atoms with Gasteiger partial charge < -0.3 is 29.4 Å². The first kappa shape index (κ1) is 35.2. The van der Waals surface area contributed by atoms with E-state index in [1.807, 2.05) is 35.8 Å². The third-order valence-electron chi connectivity index (χ3n) is 6.79. The second-order valence-electron chi connectivity index (χ2n) is 10.2. The molecule has 0 aliphatic carbocycles. The molecule has 0 saturated carbocycles. The first-order valence-electron chi connectivity index (χ1n) is 14.5. The van der Waals surface area contributed by atoms with E-state index in [4.69, 9.17) is 18.9 Å². The summed E-state index contributed by atoms with van der Waals surface area (Å²) < 4.78 is 20.6. The minimum atomic E-state index is -2.36. The second-order valence-corrected chi connectivity index (χ2v) is 10.2. The molecule has 252 valence electrons. The molecule has 0 aliphatic heterocycles. The van der Waals surface area contributed by atoms with Crippen LogP contribution in [0.3, 0.4) is 0 Å². The highest BCUT2D eigenvalue weighted by molar-refractivity contribution is 6.00. The van der Waals surface area contributed by atoms with Crippen molar-refractivity contribution in [3.05, 3.63) is 125 Å². The molecule has 0 aromatic heterocycles. The third-order valence-corrected chi connectivity index (χ3v) is 6.79. The van der Waals surface area contributed by atoms with Crippen LogP contribution < -0.4 is 25.6 Å². The van der Waals surface area contributed by atoms with Gasteiger partial charge in [0.1, 0.15) is 11.5 Å². The molecule has 0 aliphatic rings. The second kappa shape index (κ2) is 16.7. The molecule has 2 atom stereocenters. The van der Waals surface area contributed by atoms with Gasteiger partial charge in [-0.1, -0.05) is 42.5 Å². The SMILES string of the molecule is COc1cccc(C(=O)O[C@H](C(=O)O)[C@@H](OC(=O)c2cccc(OC)c2)C(=O)NNC(=O)c2ccc(NC(=O)Cc3ccccc3)cc2)c1. The van der Waals surface area contributed by atoms with Crippen LogP contribution >= 0.6 is 0 Å². The number of nitrogens with one attached hydrogen (secondary N) is 3. The zero-order chi connectivity index (χ0) is 35.3. The van der Waals surface area contributed by atoms with Crippen molar-refractivity contribution in [2.24, 2.45) is 0 Å².